The second-order valence-corrected chi connectivity index (χ2v) is 9.33. The van der Waals surface area contributed by atoms with Crippen molar-refractivity contribution in [3.63, 3.8) is 0 Å². The Balaban J connectivity index is 1.19. The zero-order valence-electron chi connectivity index (χ0n) is 18.5. The van der Waals surface area contributed by atoms with Crippen molar-refractivity contribution in [1.29, 1.82) is 0 Å². The molecule has 33 heavy (non-hydrogen) atoms. The molecule has 1 aliphatic carbocycles. The summed E-state index contributed by atoms with van der Waals surface area (Å²) in [6.45, 7) is 2.29. The van der Waals surface area contributed by atoms with E-state index in [0.29, 0.717) is 36.5 Å². The summed E-state index contributed by atoms with van der Waals surface area (Å²) in [5.41, 5.74) is 7.78. The maximum absolute atomic E-state index is 13.5. The van der Waals surface area contributed by atoms with E-state index in [1.54, 1.807) is 18.6 Å². The van der Waals surface area contributed by atoms with Crippen molar-refractivity contribution in [2.45, 2.75) is 51.2 Å². The van der Waals surface area contributed by atoms with E-state index in [4.69, 9.17) is 10.5 Å². The van der Waals surface area contributed by atoms with Gasteiger partial charge in [-0.05, 0) is 55.2 Å². The van der Waals surface area contributed by atoms with Crippen molar-refractivity contribution in [2.75, 3.05) is 25.4 Å². The van der Waals surface area contributed by atoms with Gasteiger partial charge < -0.3 is 10.5 Å². The maximum atomic E-state index is 13.5. The molecule has 8 nitrogen and oxygen atoms in total. The molecule has 176 valence electrons. The number of hydrogen-bond acceptors (Lipinski definition) is 7. The Kier molecular flexibility index (Phi) is 6.09. The summed E-state index contributed by atoms with van der Waals surface area (Å²) in [6, 6.07) is 3.97. The van der Waals surface area contributed by atoms with Crippen LogP contribution in [0.5, 0.6) is 6.01 Å². The molecule has 4 heterocycles. The molecule has 1 saturated heterocycles. The predicted molar refractivity (Wildman–Crippen MR) is 120 cm³/mol. The number of nitrogens with zero attached hydrogens (tertiary/aromatic N) is 6. The van der Waals surface area contributed by atoms with Crippen molar-refractivity contribution < 1.29 is 13.5 Å². The quantitative estimate of drug-likeness (QED) is 0.580. The number of nitrogen functional groups attached to an aromatic ring is 1. The highest BCUT2D eigenvalue weighted by atomic mass is 19.3. The molecule has 0 amide bonds. The van der Waals surface area contributed by atoms with Gasteiger partial charge in [0.25, 0.3) is 5.92 Å². The second kappa shape index (κ2) is 9.17. The third kappa shape index (κ3) is 5.21. The highest BCUT2D eigenvalue weighted by Crippen LogP contribution is 2.34. The Morgan fingerprint density at radius 3 is 2.48 bits per heavy atom. The first kappa shape index (κ1) is 21.9. The number of alkyl halides is 2. The third-order valence-electron chi connectivity index (χ3n) is 6.79. The predicted octanol–water partition coefficient (Wildman–Crippen LogP) is 3.53. The lowest BCUT2D eigenvalue weighted by molar-refractivity contribution is 0.00996. The number of anilines is 1. The van der Waals surface area contributed by atoms with Crippen LogP contribution in [0.3, 0.4) is 0 Å². The normalized spacial score (nSPS) is 23.2. The van der Waals surface area contributed by atoms with Gasteiger partial charge in [-0.2, -0.15) is 15.1 Å². The Bertz CT molecular complexity index is 1080. The maximum Gasteiger partial charge on any atom is 0.320 e. The van der Waals surface area contributed by atoms with Crippen LogP contribution in [0.1, 0.15) is 37.7 Å². The summed E-state index contributed by atoms with van der Waals surface area (Å²) in [4.78, 5) is 14.8. The topological polar surface area (TPSA) is 95.0 Å². The van der Waals surface area contributed by atoms with Gasteiger partial charge in [-0.3, -0.25) is 9.88 Å². The van der Waals surface area contributed by atoms with Gasteiger partial charge in [0.15, 0.2) is 5.65 Å². The average molecular weight is 458 g/mol. The van der Waals surface area contributed by atoms with Crippen molar-refractivity contribution in [2.24, 2.45) is 11.8 Å². The van der Waals surface area contributed by atoms with E-state index in [-0.39, 0.29) is 19.0 Å². The number of nitrogens with two attached hydrogens (primary N) is 1. The van der Waals surface area contributed by atoms with Crippen molar-refractivity contribution >= 4 is 16.9 Å². The second-order valence-electron chi connectivity index (χ2n) is 9.33. The molecule has 0 unspecified atom stereocenters. The van der Waals surface area contributed by atoms with Crippen LogP contribution in [0, 0.1) is 11.8 Å². The SMILES string of the molecule is Nc1nc(OCc2ccncc2)nc2c1cnn2CC1CCC(CN2CCC(F)(F)C2)CC1. The lowest BCUT2D eigenvalue weighted by atomic mass is 9.82. The first-order chi connectivity index (χ1) is 15.9. The first-order valence-electron chi connectivity index (χ1n) is 11.6. The molecule has 0 atom stereocenters. The van der Waals surface area contributed by atoms with Gasteiger partial charge in [0.2, 0.25) is 0 Å². The van der Waals surface area contributed by atoms with Gasteiger partial charge in [0.05, 0.1) is 18.1 Å². The summed E-state index contributed by atoms with van der Waals surface area (Å²) >= 11 is 0. The number of halogens is 2. The van der Waals surface area contributed by atoms with Crippen LogP contribution in [0.25, 0.3) is 11.0 Å². The molecule has 2 N–H and O–H groups in total. The molecule has 0 bridgehead atoms. The molecule has 5 rings (SSSR count). The van der Waals surface area contributed by atoms with Gasteiger partial charge >= 0.3 is 6.01 Å². The monoisotopic (exact) mass is 457 g/mol. The van der Waals surface area contributed by atoms with Crippen LogP contribution in [-0.2, 0) is 13.2 Å². The molecule has 1 aliphatic heterocycles. The van der Waals surface area contributed by atoms with E-state index in [1.807, 2.05) is 21.7 Å². The van der Waals surface area contributed by atoms with Crippen molar-refractivity contribution in [3.8, 4) is 6.01 Å². The fourth-order valence-corrected chi connectivity index (χ4v) is 4.95. The minimum absolute atomic E-state index is 0.00599. The van der Waals surface area contributed by atoms with E-state index >= 15 is 0 Å². The summed E-state index contributed by atoms with van der Waals surface area (Å²) in [5, 5.41) is 5.22. The van der Waals surface area contributed by atoms with Crippen LogP contribution in [0.15, 0.2) is 30.7 Å². The number of pyridine rings is 1. The Morgan fingerprint density at radius 2 is 1.79 bits per heavy atom. The van der Waals surface area contributed by atoms with Crippen LogP contribution in [0.4, 0.5) is 14.6 Å². The average Bonchev–Trinajstić information content (AvgIpc) is 3.37. The number of hydrogen-bond donors (Lipinski definition) is 1. The first-order valence-corrected chi connectivity index (χ1v) is 11.6. The zero-order valence-corrected chi connectivity index (χ0v) is 18.5. The molecule has 3 aromatic heterocycles. The van der Waals surface area contributed by atoms with Crippen LogP contribution < -0.4 is 10.5 Å². The van der Waals surface area contributed by atoms with Gasteiger partial charge in [-0.1, -0.05) is 0 Å². The van der Waals surface area contributed by atoms with Crippen molar-refractivity contribution in [3.05, 3.63) is 36.3 Å². The van der Waals surface area contributed by atoms with Gasteiger partial charge in [0.1, 0.15) is 12.4 Å². The van der Waals surface area contributed by atoms with E-state index < -0.39 is 5.92 Å². The molecule has 2 aliphatic rings. The lowest BCUT2D eigenvalue weighted by Crippen LogP contribution is -2.32. The largest absolute Gasteiger partial charge is 0.458 e. The third-order valence-corrected chi connectivity index (χ3v) is 6.79. The number of likely N-dealkylation sites (tertiary alicyclic amines) is 1. The molecule has 10 heteroatoms. The molecular formula is C23H29F2N7O. The van der Waals surface area contributed by atoms with Crippen LogP contribution in [-0.4, -0.2) is 55.2 Å². The van der Waals surface area contributed by atoms with E-state index in [9.17, 15) is 8.78 Å². The number of aromatic nitrogens is 5. The molecule has 0 radical (unpaired) electrons. The highest BCUT2D eigenvalue weighted by molar-refractivity contribution is 5.85. The smallest absolute Gasteiger partial charge is 0.320 e. The summed E-state index contributed by atoms with van der Waals surface area (Å²) in [5.74, 6) is -1.19. The highest BCUT2D eigenvalue weighted by Gasteiger charge is 2.39. The molecule has 3 aromatic rings. The number of rotatable bonds is 7. The Labute approximate surface area is 191 Å². The van der Waals surface area contributed by atoms with Crippen LogP contribution in [0.2, 0.25) is 0 Å². The summed E-state index contributed by atoms with van der Waals surface area (Å²) in [6.07, 6.45) is 9.35. The number of ether oxygens (including phenoxy) is 1. The molecule has 0 spiro atoms. The van der Waals surface area contributed by atoms with Crippen LogP contribution >= 0.6 is 0 Å². The minimum Gasteiger partial charge on any atom is -0.458 e. The minimum atomic E-state index is -2.51. The zero-order chi connectivity index (χ0) is 22.8. The fourth-order valence-electron chi connectivity index (χ4n) is 4.95. The van der Waals surface area contributed by atoms with Gasteiger partial charge in [0, 0.05) is 38.4 Å². The Morgan fingerprint density at radius 1 is 1.06 bits per heavy atom. The molecular weight excluding hydrogens is 428 g/mol. The Hall–Kier alpha value is -2.88. The van der Waals surface area contributed by atoms with Crippen molar-refractivity contribution in [1.82, 2.24) is 29.6 Å². The molecule has 2 fully saturated rings. The lowest BCUT2D eigenvalue weighted by Gasteiger charge is -2.31. The van der Waals surface area contributed by atoms with E-state index in [0.717, 1.165) is 49.7 Å². The number of fused-ring (bicyclic) bond motifs is 1. The fraction of sp³-hybridized carbons (Fsp3) is 0.565. The molecule has 1 saturated carbocycles. The molecule has 0 aromatic carbocycles. The summed E-state index contributed by atoms with van der Waals surface area (Å²) in [7, 11) is 0. The van der Waals surface area contributed by atoms with E-state index in [1.165, 1.54) is 0 Å². The summed E-state index contributed by atoms with van der Waals surface area (Å²) < 4.78 is 34.6. The standard InChI is InChI=1S/C23H29F2N7O/c24-23(25)7-10-31(15-23)12-16-1-3-17(4-2-16)13-32-21-19(11-28-32)20(26)29-22(30-21)33-14-18-5-8-27-9-6-18/h5-6,8-9,11,16-17H,1-4,7,10,12-15H2,(H2,26,29,30). The van der Waals surface area contributed by atoms with Gasteiger partial charge in [-0.15, -0.1) is 0 Å². The van der Waals surface area contributed by atoms with Gasteiger partial charge in [-0.25, -0.2) is 13.5 Å². The van der Waals surface area contributed by atoms with E-state index in [2.05, 4.69) is 20.1 Å².